The second-order valence-electron chi connectivity index (χ2n) is 1.68. The van der Waals surface area contributed by atoms with Crippen LogP contribution in [0.2, 0.25) is 0 Å². The molecule has 0 saturated heterocycles. The Morgan fingerprint density at radius 1 is 1.78 bits per heavy atom. The highest BCUT2D eigenvalue weighted by molar-refractivity contribution is 8.05. The molecule has 2 nitrogen and oxygen atoms in total. The number of allylic oxidation sites excluding steroid dienone is 1. The fourth-order valence-corrected chi connectivity index (χ4v) is 2.09. The molecule has 0 saturated carbocycles. The second kappa shape index (κ2) is 2.66. The molecule has 0 aliphatic carbocycles. The molecule has 0 bridgehead atoms. The molecule has 0 spiro atoms. The summed E-state index contributed by atoms with van der Waals surface area (Å²) in [6.07, 6.45) is 0.801. The third kappa shape index (κ3) is 1.43. The van der Waals surface area contributed by atoms with Crippen LogP contribution in [0.3, 0.4) is 0 Å². The van der Waals surface area contributed by atoms with Crippen LogP contribution in [0.25, 0.3) is 0 Å². The number of carbonyl (C=O) groups is 1. The Morgan fingerprint density at radius 2 is 2.44 bits per heavy atom. The summed E-state index contributed by atoms with van der Waals surface area (Å²) < 4.78 is 0. The third-order valence-corrected chi connectivity index (χ3v) is 2.76. The van der Waals surface area contributed by atoms with E-state index in [2.05, 4.69) is 12.6 Å². The maximum atomic E-state index is 10.3. The Hall–Kier alpha value is -0.0900. The van der Waals surface area contributed by atoms with E-state index < -0.39 is 5.97 Å². The van der Waals surface area contributed by atoms with Gasteiger partial charge in [-0.1, -0.05) is 0 Å². The minimum atomic E-state index is -0.845. The first kappa shape index (κ1) is 7.02. The van der Waals surface area contributed by atoms with E-state index in [1.54, 1.807) is 0 Å². The average molecular weight is 162 g/mol. The summed E-state index contributed by atoms with van der Waals surface area (Å²) in [4.78, 5) is 11.4. The van der Waals surface area contributed by atoms with Gasteiger partial charge < -0.3 is 5.11 Å². The van der Waals surface area contributed by atoms with Crippen molar-refractivity contribution >= 4 is 30.4 Å². The van der Waals surface area contributed by atoms with E-state index in [1.165, 1.54) is 11.8 Å². The number of hydrogen-bond donors (Lipinski definition) is 2. The van der Waals surface area contributed by atoms with Crippen molar-refractivity contribution in [3.05, 3.63) is 9.81 Å². The number of carboxylic acids is 1. The molecule has 0 radical (unpaired) electrons. The molecule has 0 amide bonds. The average Bonchev–Trinajstić information content (AvgIpc) is 2.13. The van der Waals surface area contributed by atoms with E-state index in [0.717, 1.165) is 12.2 Å². The molecule has 0 unspecified atom stereocenters. The molecule has 0 atom stereocenters. The fraction of sp³-hybridized carbons (Fsp3) is 0.400. The van der Waals surface area contributed by atoms with Crippen LogP contribution in [-0.4, -0.2) is 16.8 Å². The van der Waals surface area contributed by atoms with E-state index in [-0.39, 0.29) is 0 Å². The molecular formula is C5H6O2S2. The summed E-state index contributed by atoms with van der Waals surface area (Å²) in [5.41, 5.74) is 0. The van der Waals surface area contributed by atoms with Crippen molar-refractivity contribution in [1.29, 1.82) is 0 Å². The highest BCUT2D eigenvalue weighted by atomic mass is 32.2. The molecule has 50 valence electrons. The van der Waals surface area contributed by atoms with E-state index >= 15 is 0 Å². The number of hydrogen-bond acceptors (Lipinski definition) is 3. The van der Waals surface area contributed by atoms with Gasteiger partial charge in [0.1, 0.15) is 4.91 Å². The number of carboxylic acid groups (broad SMARTS) is 1. The van der Waals surface area contributed by atoms with Crippen LogP contribution in [-0.2, 0) is 4.79 Å². The first-order chi connectivity index (χ1) is 4.22. The number of thioether (sulfide) groups is 1. The lowest BCUT2D eigenvalue weighted by Crippen LogP contribution is -1.94. The Kier molecular flexibility index (Phi) is 2.08. The van der Waals surface area contributed by atoms with Gasteiger partial charge in [-0.05, 0) is 6.42 Å². The van der Waals surface area contributed by atoms with Gasteiger partial charge in [0, 0.05) is 10.7 Å². The largest absolute Gasteiger partial charge is 0.477 e. The van der Waals surface area contributed by atoms with Crippen LogP contribution in [0.5, 0.6) is 0 Å². The summed E-state index contributed by atoms with van der Waals surface area (Å²) in [5, 5.41) is 8.46. The zero-order chi connectivity index (χ0) is 6.85. The molecule has 9 heavy (non-hydrogen) atoms. The van der Waals surface area contributed by atoms with Crippen molar-refractivity contribution in [1.82, 2.24) is 0 Å². The minimum absolute atomic E-state index is 0.415. The van der Waals surface area contributed by atoms with Gasteiger partial charge in [0.05, 0.1) is 0 Å². The molecule has 1 heterocycles. The summed E-state index contributed by atoms with van der Waals surface area (Å²) in [6, 6.07) is 0. The Morgan fingerprint density at radius 3 is 2.67 bits per heavy atom. The van der Waals surface area contributed by atoms with Gasteiger partial charge in [-0.2, -0.15) is 0 Å². The lowest BCUT2D eigenvalue weighted by atomic mass is 10.4. The summed E-state index contributed by atoms with van der Waals surface area (Å²) >= 11 is 5.37. The molecule has 0 aromatic heterocycles. The standard InChI is InChI=1S/C5H6O2S2/c6-5(7)4-3(8)1-2-9-4/h8H,1-2H2,(H,6,7). The van der Waals surface area contributed by atoms with E-state index in [4.69, 9.17) is 5.11 Å². The Balaban J connectivity index is 2.78. The fourth-order valence-electron chi connectivity index (χ4n) is 0.632. The zero-order valence-electron chi connectivity index (χ0n) is 4.63. The first-order valence-corrected chi connectivity index (χ1v) is 3.93. The van der Waals surface area contributed by atoms with Crippen molar-refractivity contribution < 1.29 is 9.90 Å². The maximum absolute atomic E-state index is 10.3. The van der Waals surface area contributed by atoms with Crippen LogP contribution < -0.4 is 0 Å². The summed E-state index contributed by atoms with van der Waals surface area (Å²) in [5.74, 6) is 0.0167. The topological polar surface area (TPSA) is 37.3 Å². The van der Waals surface area contributed by atoms with Gasteiger partial charge in [0.15, 0.2) is 0 Å². The van der Waals surface area contributed by atoms with Gasteiger partial charge in [-0.3, -0.25) is 0 Å². The van der Waals surface area contributed by atoms with Gasteiger partial charge in [-0.25, -0.2) is 4.79 Å². The van der Waals surface area contributed by atoms with Crippen LogP contribution in [0.15, 0.2) is 9.81 Å². The predicted molar refractivity (Wildman–Crippen MR) is 40.7 cm³/mol. The van der Waals surface area contributed by atoms with E-state index in [1.807, 2.05) is 0 Å². The van der Waals surface area contributed by atoms with Crippen LogP contribution >= 0.6 is 24.4 Å². The Bertz CT molecular complexity index is 174. The Labute approximate surface area is 62.7 Å². The third-order valence-electron chi connectivity index (χ3n) is 1.04. The van der Waals surface area contributed by atoms with Gasteiger partial charge in [-0.15, -0.1) is 24.4 Å². The van der Waals surface area contributed by atoms with Gasteiger partial charge >= 0.3 is 5.97 Å². The summed E-state index contributed by atoms with van der Waals surface area (Å²) in [6.45, 7) is 0. The van der Waals surface area contributed by atoms with Crippen molar-refractivity contribution in [2.75, 3.05) is 5.75 Å². The minimum Gasteiger partial charge on any atom is -0.477 e. The lowest BCUT2D eigenvalue weighted by Gasteiger charge is -1.90. The van der Waals surface area contributed by atoms with Crippen molar-refractivity contribution in [3.63, 3.8) is 0 Å². The van der Waals surface area contributed by atoms with Gasteiger partial charge in [0.25, 0.3) is 0 Å². The SMILES string of the molecule is O=C(O)C1=C(S)CCS1. The van der Waals surface area contributed by atoms with Crippen molar-refractivity contribution in [3.8, 4) is 0 Å². The van der Waals surface area contributed by atoms with Crippen LogP contribution in [0.1, 0.15) is 6.42 Å². The monoisotopic (exact) mass is 162 g/mol. The quantitative estimate of drug-likeness (QED) is 0.571. The first-order valence-electron chi connectivity index (χ1n) is 2.50. The van der Waals surface area contributed by atoms with Crippen LogP contribution in [0, 0.1) is 0 Å². The molecule has 1 rings (SSSR count). The molecule has 0 aromatic carbocycles. The normalized spacial score (nSPS) is 18.8. The second-order valence-corrected chi connectivity index (χ2v) is 3.32. The number of rotatable bonds is 1. The molecular weight excluding hydrogens is 156 g/mol. The highest BCUT2D eigenvalue weighted by Crippen LogP contribution is 2.33. The molecule has 1 aliphatic heterocycles. The van der Waals surface area contributed by atoms with Crippen molar-refractivity contribution in [2.45, 2.75) is 6.42 Å². The molecule has 1 N–H and O–H groups in total. The van der Waals surface area contributed by atoms with Crippen molar-refractivity contribution in [2.24, 2.45) is 0 Å². The predicted octanol–water partition coefficient (Wildman–Crippen LogP) is 1.35. The maximum Gasteiger partial charge on any atom is 0.342 e. The molecule has 0 fully saturated rings. The van der Waals surface area contributed by atoms with E-state index in [0.29, 0.717) is 9.81 Å². The lowest BCUT2D eigenvalue weighted by molar-refractivity contribution is -0.131. The molecule has 1 aliphatic rings. The number of aliphatic carboxylic acids is 1. The highest BCUT2D eigenvalue weighted by Gasteiger charge is 2.17. The molecule has 0 aromatic rings. The molecule has 4 heteroatoms. The number of thiol groups is 1. The smallest absolute Gasteiger partial charge is 0.342 e. The van der Waals surface area contributed by atoms with E-state index in [9.17, 15) is 4.79 Å². The van der Waals surface area contributed by atoms with Gasteiger partial charge in [0.2, 0.25) is 0 Å². The zero-order valence-corrected chi connectivity index (χ0v) is 6.34. The van der Waals surface area contributed by atoms with Crippen LogP contribution in [0.4, 0.5) is 0 Å². The summed E-state index contributed by atoms with van der Waals surface area (Å²) in [7, 11) is 0.